The number of methoxy groups -OCH3 is 1. The maximum Gasteiger partial charge on any atom is 0.280 e. The number of pyridine rings is 1. The fourth-order valence-electron chi connectivity index (χ4n) is 2.28. The molecule has 2 aliphatic rings. The van der Waals surface area contributed by atoms with Crippen molar-refractivity contribution in [2.75, 3.05) is 7.11 Å². The van der Waals surface area contributed by atoms with Gasteiger partial charge in [0.2, 0.25) is 0 Å². The van der Waals surface area contributed by atoms with Gasteiger partial charge >= 0.3 is 0 Å². The molecule has 0 saturated carbocycles. The Morgan fingerprint density at radius 1 is 1.19 bits per heavy atom. The van der Waals surface area contributed by atoms with Gasteiger partial charge in [-0.05, 0) is 35.9 Å². The van der Waals surface area contributed by atoms with Crippen LogP contribution in [0, 0.1) is 0 Å². The molecule has 21 heavy (non-hydrogen) atoms. The minimum atomic E-state index is -2.55. The number of ether oxygens (including phenoxy) is 1. The van der Waals surface area contributed by atoms with E-state index in [1.165, 1.54) is 6.07 Å². The molecule has 0 bridgehead atoms. The first-order valence-electron chi connectivity index (χ1n) is 6.54. The van der Waals surface area contributed by atoms with Gasteiger partial charge in [-0.15, -0.1) is 0 Å². The van der Waals surface area contributed by atoms with Crippen LogP contribution in [0.1, 0.15) is 17.7 Å². The van der Waals surface area contributed by atoms with Crippen molar-refractivity contribution in [3.05, 3.63) is 59.9 Å². The molecular weight excluding hydrogens is 274 g/mol. The predicted octanol–water partition coefficient (Wildman–Crippen LogP) is 3.98. The predicted molar refractivity (Wildman–Crippen MR) is 75.9 cm³/mol. The summed E-state index contributed by atoms with van der Waals surface area (Å²) in [5.74, 6) is 1.36. The van der Waals surface area contributed by atoms with Crippen molar-refractivity contribution in [2.45, 2.75) is 13.0 Å². The quantitative estimate of drug-likeness (QED) is 0.726. The fraction of sp³-hybridized carbons (Fsp3) is 0.188. The van der Waals surface area contributed by atoms with Crippen molar-refractivity contribution in [1.82, 2.24) is 9.55 Å². The normalized spacial score (nSPS) is 11.2. The van der Waals surface area contributed by atoms with E-state index in [2.05, 4.69) is 4.98 Å². The van der Waals surface area contributed by atoms with E-state index in [4.69, 9.17) is 4.74 Å². The number of fused-ring (bicyclic) bond motifs is 1. The first-order valence-corrected chi connectivity index (χ1v) is 6.54. The van der Waals surface area contributed by atoms with Crippen LogP contribution >= 0.6 is 0 Å². The zero-order chi connectivity index (χ0) is 14.8. The minimum absolute atomic E-state index is 0.181. The summed E-state index contributed by atoms with van der Waals surface area (Å²) in [7, 11) is 1.62. The van der Waals surface area contributed by atoms with Crippen LogP contribution in [-0.2, 0) is 6.54 Å². The molecule has 0 atom stereocenters. The highest BCUT2D eigenvalue weighted by Crippen LogP contribution is 2.28. The Kier molecular flexibility index (Phi) is 3.56. The summed E-state index contributed by atoms with van der Waals surface area (Å²) in [6.45, 7) is 0.570. The highest BCUT2D eigenvalue weighted by Gasteiger charge is 2.17. The molecule has 108 valence electrons. The third-order valence-electron chi connectivity index (χ3n) is 3.35. The van der Waals surface area contributed by atoms with Crippen molar-refractivity contribution in [1.29, 1.82) is 0 Å². The first kappa shape index (κ1) is 13.5. The first-order chi connectivity index (χ1) is 10.2. The van der Waals surface area contributed by atoms with Crippen LogP contribution in [0.5, 0.6) is 5.75 Å². The number of hydrogen-bond acceptors (Lipinski definition) is 2. The lowest BCUT2D eigenvalue weighted by atomic mass is 10.2. The molecule has 3 nitrogen and oxygen atoms in total. The molecule has 0 N–H and O–H groups in total. The van der Waals surface area contributed by atoms with Crippen LogP contribution < -0.4 is 4.74 Å². The Morgan fingerprint density at radius 2 is 1.95 bits per heavy atom. The molecular formula is C16H14F2N2O. The number of aromatic nitrogens is 2. The molecule has 0 fully saturated rings. The molecule has 0 radical (unpaired) electrons. The van der Waals surface area contributed by atoms with Crippen LogP contribution in [0.15, 0.2) is 48.7 Å². The monoisotopic (exact) mass is 288 g/mol. The second-order valence-electron chi connectivity index (χ2n) is 4.74. The minimum Gasteiger partial charge on any atom is -0.497 e. The van der Waals surface area contributed by atoms with E-state index in [9.17, 15) is 8.78 Å². The van der Waals surface area contributed by atoms with Crippen molar-refractivity contribution in [2.24, 2.45) is 0 Å². The van der Waals surface area contributed by atoms with Crippen LogP contribution in [0.25, 0.3) is 11.4 Å². The molecule has 2 heterocycles. The smallest absolute Gasteiger partial charge is 0.280 e. The largest absolute Gasteiger partial charge is 0.497 e. The molecule has 0 unspecified atom stereocenters. The van der Waals surface area contributed by atoms with Gasteiger partial charge in [0.15, 0.2) is 0 Å². The van der Waals surface area contributed by atoms with Crippen molar-refractivity contribution in [3.8, 4) is 17.1 Å². The van der Waals surface area contributed by atoms with E-state index in [-0.39, 0.29) is 5.69 Å². The zero-order valence-electron chi connectivity index (χ0n) is 11.5. The number of hydrogen-bond donors (Lipinski definition) is 0. The summed E-state index contributed by atoms with van der Waals surface area (Å²) in [4.78, 5) is 4.03. The number of alkyl halides is 2. The lowest BCUT2D eigenvalue weighted by Gasteiger charge is -2.11. The summed E-state index contributed by atoms with van der Waals surface area (Å²) in [5, 5.41) is 0. The third kappa shape index (κ3) is 2.72. The molecule has 0 spiro atoms. The third-order valence-corrected chi connectivity index (χ3v) is 3.35. The Bertz CT molecular complexity index is 707. The van der Waals surface area contributed by atoms with E-state index in [0.717, 1.165) is 16.9 Å². The van der Waals surface area contributed by atoms with E-state index in [1.807, 2.05) is 41.1 Å². The fourth-order valence-corrected chi connectivity index (χ4v) is 2.28. The Labute approximate surface area is 121 Å². The second-order valence-corrected chi connectivity index (χ2v) is 4.74. The average molecular weight is 288 g/mol. The van der Waals surface area contributed by atoms with E-state index in [0.29, 0.717) is 12.4 Å². The van der Waals surface area contributed by atoms with Gasteiger partial charge < -0.3 is 9.30 Å². The van der Waals surface area contributed by atoms with E-state index in [1.54, 1.807) is 13.2 Å². The van der Waals surface area contributed by atoms with Crippen LogP contribution in [0.4, 0.5) is 8.78 Å². The average Bonchev–Trinajstić information content (AvgIpc) is 2.93. The number of halogens is 2. The Balaban J connectivity index is 1.92. The van der Waals surface area contributed by atoms with Gasteiger partial charge in [0.1, 0.15) is 17.3 Å². The maximum atomic E-state index is 12.8. The molecule has 1 aromatic carbocycles. The van der Waals surface area contributed by atoms with Gasteiger partial charge in [0, 0.05) is 18.3 Å². The van der Waals surface area contributed by atoms with Crippen molar-refractivity contribution >= 4 is 0 Å². The number of rotatable bonds is 4. The molecule has 3 rings (SSSR count). The summed E-state index contributed by atoms with van der Waals surface area (Å²) >= 11 is 0. The highest BCUT2D eigenvalue weighted by atomic mass is 19.3. The molecule has 1 aromatic rings. The molecule has 0 aromatic heterocycles. The van der Waals surface area contributed by atoms with Crippen LogP contribution in [0.2, 0.25) is 0 Å². The van der Waals surface area contributed by atoms with Crippen molar-refractivity contribution < 1.29 is 13.5 Å². The highest BCUT2D eigenvalue weighted by molar-refractivity contribution is 5.59. The van der Waals surface area contributed by atoms with Crippen LogP contribution in [-0.4, -0.2) is 16.7 Å². The Morgan fingerprint density at radius 3 is 2.62 bits per heavy atom. The molecule has 0 saturated heterocycles. The van der Waals surface area contributed by atoms with Gasteiger partial charge in [-0.25, -0.2) is 13.8 Å². The second kappa shape index (κ2) is 5.52. The number of benzene rings is 1. The van der Waals surface area contributed by atoms with Gasteiger partial charge in [0.25, 0.3) is 6.43 Å². The van der Waals surface area contributed by atoms with E-state index < -0.39 is 6.43 Å². The van der Waals surface area contributed by atoms with Crippen LogP contribution in [0.3, 0.4) is 0 Å². The lowest BCUT2D eigenvalue weighted by Crippen LogP contribution is -2.04. The molecule has 0 aliphatic carbocycles. The maximum absolute atomic E-state index is 12.8. The number of nitrogens with zero attached hydrogens (tertiary/aromatic N) is 2. The molecule has 5 heteroatoms. The van der Waals surface area contributed by atoms with Gasteiger partial charge in [0.05, 0.1) is 7.11 Å². The van der Waals surface area contributed by atoms with Gasteiger partial charge in [-0.2, -0.15) is 0 Å². The molecule has 2 aliphatic heterocycles. The summed E-state index contributed by atoms with van der Waals surface area (Å²) < 4.78 is 32.5. The zero-order valence-corrected chi connectivity index (χ0v) is 11.5. The SMILES string of the molecule is COc1ccc(Cn2cccc3cc(C(F)F)nc2-3)cc1. The van der Waals surface area contributed by atoms with Gasteiger partial charge in [-0.3, -0.25) is 0 Å². The summed E-state index contributed by atoms with van der Waals surface area (Å²) in [6, 6.07) is 12.7. The summed E-state index contributed by atoms with van der Waals surface area (Å²) in [5.41, 5.74) is 1.59. The Hall–Kier alpha value is -2.43. The van der Waals surface area contributed by atoms with Crippen molar-refractivity contribution in [3.63, 3.8) is 0 Å². The van der Waals surface area contributed by atoms with E-state index >= 15 is 0 Å². The standard InChI is InChI=1S/C16H14F2N2O/c1-21-13-6-4-11(5-7-13)10-20-8-2-3-12-9-14(15(17)18)19-16(12)20/h2-9,15H,10H2,1H3. The molecule has 0 amide bonds. The topological polar surface area (TPSA) is 27.1 Å². The summed E-state index contributed by atoms with van der Waals surface area (Å²) in [6.07, 6.45) is -0.707. The van der Waals surface area contributed by atoms with Gasteiger partial charge in [-0.1, -0.05) is 12.1 Å². The lowest BCUT2D eigenvalue weighted by molar-refractivity contribution is 0.147.